The molecule has 1 saturated heterocycles. The van der Waals surface area contributed by atoms with Crippen LogP contribution in [0.15, 0.2) is 23.1 Å². The Balaban J connectivity index is 1.30. The van der Waals surface area contributed by atoms with Crippen LogP contribution >= 0.6 is 0 Å². The molecule has 6 rings (SSSR count). The van der Waals surface area contributed by atoms with Crippen LogP contribution in [0.2, 0.25) is 0 Å². The van der Waals surface area contributed by atoms with Gasteiger partial charge in [-0.3, -0.25) is 4.79 Å². The molecule has 0 aromatic heterocycles. The molecule has 176 valence electrons. The molecule has 0 spiro atoms. The van der Waals surface area contributed by atoms with E-state index in [1.54, 1.807) is 0 Å². The van der Waals surface area contributed by atoms with Gasteiger partial charge < -0.3 is 10.1 Å². The minimum Gasteiger partial charge on any atom is -0.494 e. The molecular weight excluding hydrogens is 431 g/mol. The molecule has 1 heterocycles. The Bertz CT molecular complexity index is 960. The number of amides is 1. The largest absolute Gasteiger partial charge is 0.494 e. The van der Waals surface area contributed by atoms with Gasteiger partial charge >= 0.3 is 0 Å². The number of halogens is 1. The summed E-state index contributed by atoms with van der Waals surface area (Å²) in [4.78, 5) is 13.3. The summed E-state index contributed by atoms with van der Waals surface area (Å²) in [6.45, 7) is 0.701. The third kappa shape index (κ3) is 3.83. The van der Waals surface area contributed by atoms with E-state index < -0.39 is 15.8 Å². The number of sulfonamides is 1. The molecule has 8 heteroatoms. The number of methoxy groups -OCH3 is 1. The molecule has 1 unspecified atom stereocenters. The zero-order valence-electron chi connectivity index (χ0n) is 18.7. The Hall–Kier alpha value is -1.67. The second-order valence-electron chi connectivity index (χ2n) is 10.5. The van der Waals surface area contributed by atoms with E-state index >= 15 is 0 Å². The van der Waals surface area contributed by atoms with Crippen LogP contribution in [0.1, 0.15) is 57.8 Å². The average Bonchev–Trinajstić information content (AvgIpc) is 2.76. The Morgan fingerprint density at radius 2 is 1.81 bits per heavy atom. The molecule has 1 aromatic rings. The number of carbonyl (C=O) groups excluding carboxylic acids is 1. The fourth-order valence-electron chi connectivity index (χ4n) is 7.22. The Labute approximate surface area is 189 Å². The lowest BCUT2D eigenvalue weighted by molar-refractivity contribution is -0.146. The lowest BCUT2D eigenvalue weighted by atomic mass is 9.49. The first kappa shape index (κ1) is 22.1. The second kappa shape index (κ2) is 8.28. The maximum atomic E-state index is 14.2. The highest BCUT2D eigenvalue weighted by Gasteiger charge is 2.54. The van der Waals surface area contributed by atoms with E-state index in [4.69, 9.17) is 4.74 Å². The minimum absolute atomic E-state index is 0.0157. The Kier molecular flexibility index (Phi) is 5.73. The van der Waals surface area contributed by atoms with Crippen molar-refractivity contribution in [2.45, 2.75) is 68.7 Å². The molecule has 1 N–H and O–H groups in total. The summed E-state index contributed by atoms with van der Waals surface area (Å²) in [5.74, 6) is 1.49. The van der Waals surface area contributed by atoms with Gasteiger partial charge in [0.1, 0.15) is 0 Å². The molecule has 6 nitrogen and oxygen atoms in total. The number of nitrogens with one attached hydrogen (secondary N) is 1. The number of benzene rings is 1. The van der Waals surface area contributed by atoms with Crippen molar-refractivity contribution in [2.75, 3.05) is 20.2 Å². The quantitative estimate of drug-likeness (QED) is 0.696. The molecule has 5 aliphatic rings. The van der Waals surface area contributed by atoms with Gasteiger partial charge in [-0.1, -0.05) is 6.42 Å². The highest BCUT2D eigenvalue weighted by atomic mass is 32.2. The van der Waals surface area contributed by atoms with Crippen LogP contribution in [0.5, 0.6) is 5.75 Å². The van der Waals surface area contributed by atoms with E-state index in [0.717, 1.165) is 38.2 Å². The van der Waals surface area contributed by atoms with E-state index in [0.29, 0.717) is 37.3 Å². The van der Waals surface area contributed by atoms with E-state index in [-0.39, 0.29) is 28.0 Å². The molecule has 32 heavy (non-hydrogen) atoms. The summed E-state index contributed by atoms with van der Waals surface area (Å²) in [7, 11) is -2.52. The number of ether oxygens (including phenoxy) is 1. The number of carbonyl (C=O) groups is 1. The number of piperidine rings is 1. The van der Waals surface area contributed by atoms with Crippen molar-refractivity contribution in [3.63, 3.8) is 0 Å². The topological polar surface area (TPSA) is 75.7 Å². The summed E-state index contributed by atoms with van der Waals surface area (Å²) in [5.41, 5.74) is -0.244. The van der Waals surface area contributed by atoms with Crippen molar-refractivity contribution in [1.29, 1.82) is 0 Å². The van der Waals surface area contributed by atoms with Gasteiger partial charge in [-0.15, -0.1) is 0 Å². The first-order valence-electron chi connectivity index (χ1n) is 11.9. The van der Waals surface area contributed by atoms with Gasteiger partial charge in [0, 0.05) is 24.5 Å². The van der Waals surface area contributed by atoms with Crippen molar-refractivity contribution < 1.29 is 22.3 Å². The fraction of sp³-hybridized carbons (Fsp3) is 0.708. The van der Waals surface area contributed by atoms with Crippen LogP contribution in [0.3, 0.4) is 0 Å². The predicted octanol–water partition coefficient (Wildman–Crippen LogP) is 3.71. The summed E-state index contributed by atoms with van der Waals surface area (Å²) in [5, 5.41) is 3.15. The van der Waals surface area contributed by atoms with Crippen LogP contribution in [0, 0.1) is 29.0 Å². The monoisotopic (exact) mass is 464 g/mol. The van der Waals surface area contributed by atoms with Crippen molar-refractivity contribution >= 4 is 15.9 Å². The van der Waals surface area contributed by atoms with E-state index in [9.17, 15) is 17.6 Å². The highest BCUT2D eigenvalue weighted by molar-refractivity contribution is 7.89. The van der Waals surface area contributed by atoms with Crippen LogP contribution in [-0.2, 0) is 14.8 Å². The number of nitrogens with zero attached hydrogens (tertiary/aromatic N) is 1. The smallest absolute Gasteiger partial charge is 0.243 e. The van der Waals surface area contributed by atoms with Crippen LogP contribution in [0.25, 0.3) is 0 Å². The van der Waals surface area contributed by atoms with E-state index in [1.807, 2.05) is 0 Å². The van der Waals surface area contributed by atoms with Gasteiger partial charge in [-0.25, -0.2) is 12.8 Å². The minimum atomic E-state index is -3.87. The molecule has 4 saturated carbocycles. The van der Waals surface area contributed by atoms with Gasteiger partial charge in [0.05, 0.1) is 12.0 Å². The zero-order chi connectivity index (χ0) is 22.5. The van der Waals surface area contributed by atoms with Crippen LogP contribution < -0.4 is 10.1 Å². The maximum absolute atomic E-state index is 14.2. The molecule has 1 amide bonds. The first-order chi connectivity index (χ1) is 15.3. The van der Waals surface area contributed by atoms with Gasteiger partial charge in [0.15, 0.2) is 11.6 Å². The SMILES string of the molecule is COc1ccc(S(=O)(=O)N2CCCCC2CNC(=O)C23CC4CC(CC(C4)C2)C3)cc1F. The first-order valence-corrected chi connectivity index (χ1v) is 13.4. The predicted molar refractivity (Wildman–Crippen MR) is 118 cm³/mol. The number of hydrogen-bond acceptors (Lipinski definition) is 4. The van der Waals surface area contributed by atoms with Crippen LogP contribution in [-0.4, -0.2) is 44.9 Å². The fourth-order valence-corrected chi connectivity index (χ4v) is 8.93. The van der Waals surface area contributed by atoms with Gasteiger partial charge in [0.2, 0.25) is 15.9 Å². The maximum Gasteiger partial charge on any atom is 0.243 e. The highest BCUT2D eigenvalue weighted by Crippen LogP contribution is 2.60. The summed E-state index contributed by atoms with van der Waals surface area (Å²) < 4.78 is 47.2. The second-order valence-corrected chi connectivity index (χ2v) is 12.4. The van der Waals surface area contributed by atoms with Crippen molar-refractivity contribution in [3.05, 3.63) is 24.0 Å². The van der Waals surface area contributed by atoms with E-state index in [1.165, 1.54) is 42.8 Å². The molecule has 1 atom stereocenters. The number of rotatable bonds is 6. The van der Waals surface area contributed by atoms with Crippen molar-refractivity contribution in [2.24, 2.45) is 23.2 Å². The Morgan fingerprint density at radius 3 is 2.41 bits per heavy atom. The third-order valence-corrected chi connectivity index (χ3v) is 10.3. The molecular formula is C24H33FN2O4S. The standard InChI is InChI=1S/C24H33FN2O4S/c1-31-22-6-5-20(11-21(22)25)32(29,30)27-7-3-2-4-19(27)15-26-23(28)24-12-16-8-17(13-24)10-18(9-16)14-24/h5-6,11,16-19H,2-4,7-10,12-15H2,1H3,(H,26,28). The summed E-state index contributed by atoms with van der Waals surface area (Å²) in [6.07, 6.45) is 9.17. The molecule has 0 radical (unpaired) electrons. The average molecular weight is 465 g/mol. The number of hydrogen-bond donors (Lipinski definition) is 1. The molecule has 1 aromatic carbocycles. The third-order valence-electron chi connectivity index (χ3n) is 8.32. The summed E-state index contributed by atoms with van der Waals surface area (Å²) >= 11 is 0. The Morgan fingerprint density at radius 1 is 1.16 bits per heavy atom. The lowest BCUT2D eigenvalue weighted by Crippen LogP contribution is -2.56. The van der Waals surface area contributed by atoms with Gasteiger partial charge in [-0.05, 0) is 87.3 Å². The molecule has 5 fully saturated rings. The van der Waals surface area contributed by atoms with Crippen LogP contribution in [0.4, 0.5) is 4.39 Å². The molecule has 4 bridgehead atoms. The molecule has 1 aliphatic heterocycles. The van der Waals surface area contributed by atoms with Crippen molar-refractivity contribution in [1.82, 2.24) is 9.62 Å². The summed E-state index contributed by atoms with van der Waals surface area (Å²) in [6, 6.07) is 3.44. The lowest BCUT2D eigenvalue weighted by Gasteiger charge is -2.55. The van der Waals surface area contributed by atoms with Gasteiger partial charge in [-0.2, -0.15) is 4.31 Å². The molecule has 4 aliphatic carbocycles. The van der Waals surface area contributed by atoms with E-state index in [2.05, 4.69) is 5.32 Å². The zero-order valence-corrected chi connectivity index (χ0v) is 19.5. The van der Waals surface area contributed by atoms with Gasteiger partial charge in [0.25, 0.3) is 0 Å². The normalized spacial score (nSPS) is 34.4. The van der Waals surface area contributed by atoms with Crippen molar-refractivity contribution in [3.8, 4) is 5.75 Å².